The third-order valence-corrected chi connectivity index (χ3v) is 4.03. The van der Waals surface area contributed by atoms with Crippen LogP contribution < -0.4 is 16.0 Å². The third kappa shape index (κ3) is 10.8. The Morgan fingerprint density at radius 2 is 1.58 bits per heavy atom. The molecule has 2 atom stereocenters. The van der Waals surface area contributed by atoms with Gasteiger partial charge in [0.05, 0.1) is 19.1 Å². The molecule has 2 unspecified atom stereocenters. The van der Waals surface area contributed by atoms with E-state index in [-0.39, 0.29) is 24.8 Å². The van der Waals surface area contributed by atoms with Gasteiger partial charge in [0.2, 0.25) is 11.8 Å². The molecule has 9 heteroatoms. The molecule has 150 valence electrons. The lowest BCUT2D eigenvalue weighted by Gasteiger charge is -2.16. The molecule has 0 aliphatic rings. The van der Waals surface area contributed by atoms with Crippen LogP contribution in [0.1, 0.15) is 39.0 Å². The van der Waals surface area contributed by atoms with E-state index in [4.69, 9.17) is 5.11 Å². The molecule has 0 aromatic carbocycles. The van der Waals surface area contributed by atoms with Crippen molar-refractivity contribution in [3.63, 3.8) is 0 Å². The van der Waals surface area contributed by atoms with Gasteiger partial charge in [0.15, 0.2) is 5.78 Å². The summed E-state index contributed by atoms with van der Waals surface area (Å²) in [4.78, 5) is 46.2. The zero-order valence-corrected chi connectivity index (χ0v) is 15.5. The minimum Gasteiger partial charge on any atom is -0.480 e. The molecule has 0 aromatic heterocycles. The first-order valence-corrected chi connectivity index (χ1v) is 8.90. The van der Waals surface area contributed by atoms with Gasteiger partial charge in [-0.25, -0.2) is 0 Å². The Kier molecular flexibility index (Phi) is 13.1. The van der Waals surface area contributed by atoms with E-state index in [2.05, 4.69) is 16.0 Å². The molecule has 0 bridgehead atoms. The Morgan fingerprint density at radius 1 is 0.962 bits per heavy atom. The van der Waals surface area contributed by atoms with Crippen molar-refractivity contribution in [1.29, 1.82) is 0 Å². The van der Waals surface area contributed by atoms with E-state index in [9.17, 15) is 24.3 Å². The van der Waals surface area contributed by atoms with E-state index in [1.54, 1.807) is 0 Å². The first-order valence-electron chi connectivity index (χ1n) is 8.90. The average Bonchev–Trinajstić information content (AvgIpc) is 2.62. The predicted molar refractivity (Wildman–Crippen MR) is 95.4 cm³/mol. The summed E-state index contributed by atoms with van der Waals surface area (Å²) in [5.41, 5.74) is 0. The molecular weight excluding hydrogens is 342 g/mol. The molecule has 9 nitrogen and oxygen atoms in total. The Balaban J connectivity index is 4.28. The van der Waals surface area contributed by atoms with Crippen molar-refractivity contribution in [2.75, 3.05) is 33.3 Å². The molecule has 5 N–H and O–H groups in total. The van der Waals surface area contributed by atoms with E-state index >= 15 is 0 Å². The SMILES string of the molecule is CCC(CCCCNC)C(=O)NCC(=O)CC(CO)C(=O)NCC(=O)O. The molecule has 0 aliphatic heterocycles. The van der Waals surface area contributed by atoms with Gasteiger partial charge in [0, 0.05) is 12.3 Å². The number of hydrogen-bond acceptors (Lipinski definition) is 6. The lowest BCUT2D eigenvalue weighted by atomic mass is 9.97. The molecule has 0 saturated heterocycles. The second kappa shape index (κ2) is 14.2. The number of carbonyl (C=O) groups is 4. The van der Waals surface area contributed by atoms with Gasteiger partial charge in [0.1, 0.15) is 6.54 Å². The molecule has 26 heavy (non-hydrogen) atoms. The number of rotatable bonds is 15. The highest BCUT2D eigenvalue weighted by Crippen LogP contribution is 2.12. The number of ketones is 1. The van der Waals surface area contributed by atoms with E-state index in [1.165, 1.54) is 0 Å². The molecule has 0 spiro atoms. The van der Waals surface area contributed by atoms with Crippen LogP contribution in [-0.2, 0) is 19.2 Å². The molecule has 0 rings (SSSR count). The number of aliphatic hydroxyl groups is 1. The topological polar surface area (TPSA) is 145 Å². The van der Waals surface area contributed by atoms with E-state index in [0.717, 1.165) is 25.8 Å². The van der Waals surface area contributed by atoms with Crippen molar-refractivity contribution in [2.24, 2.45) is 11.8 Å². The lowest BCUT2D eigenvalue weighted by molar-refractivity contribution is -0.139. The minimum absolute atomic E-state index is 0.160. The summed E-state index contributed by atoms with van der Waals surface area (Å²) < 4.78 is 0. The van der Waals surface area contributed by atoms with Gasteiger partial charge in [0.25, 0.3) is 0 Å². The molecule has 0 fully saturated rings. The number of carbonyl (C=O) groups excluding carboxylic acids is 3. The Bertz CT molecular complexity index is 469. The fraction of sp³-hybridized carbons (Fsp3) is 0.765. The van der Waals surface area contributed by atoms with Crippen molar-refractivity contribution in [1.82, 2.24) is 16.0 Å². The monoisotopic (exact) mass is 373 g/mol. The van der Waals surface area contributed by atoms with Gasteiger partial charge in [-0.15, -0.1) is 0 Å². The van der Waals surface area contributed by atoms with Gasteiger partial charge in [-0.05, 0) is 32.9 Å². The van der Waals surface area contributed by atoms with E-state index < -0.39 is 36.7 Å². The Morgan fingerprint density at radius 3 is 2.12 bits per heavy atom. The molecule has 2 amide bonds. The second-order valence-electron chi connectivity index (χ2n) is 6.16. The van der Waals surface area contributed by atoms with Gasteiger partial charge >= 0.3 is 5.97 Å². The summed E-state index contributed by atoms with van der Waals surface area (Å²) in [5, 5.41) is 25.5. The lowest BCUT2D eigenvalue weighted by Crippen LogP contribution is -2.39. The molecule has 0 aromatic rings. The van der Waals surface area contributed by atoms with Crippen molar-refractivity contribution in [3.05, 3.63) is 0 Å². The normalized spacial score (nSPS) is 12.9. The van der Waals surface area contributed by atoms with Gasteiger partial charge in [-0.2, -0.15) is 0 Å². The number of amides is 2. The highest BCUT2D eigenvalue weighted by molar-refractivity contribution is 5.91. The summed E-state index contributed by atoms with van der Waals surface area (Å²) in [6, 6.07) is 0. The summed E-state index contributed by atoms with van der Waals surface area (Å²) in [6.07, 6.45) is 3.05. The van der Waals surface area contributed by atoms with E-state index in [0.29, 0.717) is 6.42 Å². The third-order valence-electron chi connectivity index (χ3n) is 4.03. The highest BCUT2D eigenvalue weighted by Gasteiger charge is 2.22. The van der Waals surface area contributed by atoms with E-state index in [1.807, 2.05) is 14.0 Å². The number of aliphatic hydroxyl groups excluding tert-OH is 1. The zero-order chi connectivity index (χ0) is 19.9. The van der Waals surface area contributed by atoms with Crippen LogP contribution in [0, 0.1) is 11.8 Å². The molecule has 0 saturated carbocycles. The van der Waals surface area contributed by atoms with Gasteiger partial charge in [-0.3, -0.25) is 19.2 Å². The van der Waals surface area contributed by atoms with Gasteiger partial charge in [-0.1, -0.05) is 13.3 Å². The van der Waals surface area contributed by atoms with Crippen LogP contribution in [-0.4, -0.2) is 67.1 Å². The average molecular weight is 373 g/mol. The van der Waals surface area contributed by atoms with Crippen molar-refractivity contribution in [3.8, 4) is 0 Å². The first-order chi connectivity index (χ1) is 12.3. The molecule has 0 aliphatic carbocycles. The Hall–Kier alpha value is -2.00. The predicted octanol–water partition coefficient (Wildman–Crippen LogP) is -0.713. The second-order valence-corrected chi connectivity index (χ2v) is 6.16. The smallest absolute Gasteiger partial charge is 0.322 e. The summed E-state index contributed by atoms with van der Waals surface area (Å²) in [7, 11) is 1.87. The van der Waals surface area contributed by atoms with Gasteiger partial charge < -0.3 is 26.2 Å². The molecule has 0 radical (unpaired) electrons. The van der Waals surface area contributed by atoms with Crippen LogP contribution in [0.2, 0.25) is 0 Å². The zero-order valence-electron chi connectivity index (χ0n) is 15.5. The minimum atomic E-state index is -1.21. The summed E-state index contributed by atoms with van der Waals surface area (Å²) in [5.74, 6) is -3.69. The number of Topliss-reactive ketones (excluding diaryl/α,β-unsaturated/α-hetero) is 1. The van der Waals surface area contributed by atoms with Crippen LogP contribution in [0.4, 0.5) is 0 Å². The quantitative estimate of drug-likeness (QED) is 0.238. The maximum atomic E-state index is 12.1. The van der Waals surface area contributed by atoms with Crippen molar-refractivity contribution < 1.29 is 29.4 Å². The van der Waals surface area contributed by atoms with Crippen LogP contribution in [0.3, 0.4) is 0 Å². The maximum Gasteiger partial charge on any atom is 0.322 e. The highest BCUT2D eigenvalue weighted by atomic mass is 16.4. The number of carboxylic acids is 1. The van der Waals surface area contributed by atoms with Crippen LogP contribution >= 0.6 is 0 Å². The first kappa shape index (κ1) is 24.0. The fourth-order valence-electron chi connectivity index (χ4n) is 2.44. The van der Waals surface area contributed by atoms with Crippen LogP contribution in [0.15, 0.2) is 0 Å². The number of carboxylic acid groups (broad SMARTS) is 1. The van der Waals surface area contributed by atoms with Crippen molar-refractivity contribution in [2.45, 2.75) is 39.0 Å². The van der Waals surface area contributed by atoms with Crippen molar-refractivity contribution >= 4 is 23.6 Å². The molecule has 0 heterocycles. The van der Waals surface area contributed by atoms with Crippen LogP contribution in [0.25, 0.3) is 0 Å². The number of aliphatic carboxylic acids is 1. The number of hydrogen-bond donors (Lipinski definition) is 5. The number of nitrogens with one attached hydrogen (secondary N) is 3. The Labute approximate surface area is 153 Å². The summed E-state index contributed by atoms with van der Waals surface area (Å²) in [6.45, 7) is 1.44. The summed E-state index contributed by atoms with van der Waals surface area (Å²) >= 11 is 0. The fourth-order valence-corrected chi connectivity index (χ4v) is 2.44. The largest absolute Gasteiger partial charge is 0.480 e. The molecular formula is C17H31N3O6. The standard InChI is InChI=1S/C17H31N3O6/c1-3-12(6-4-5-7-18-2)16(25)19-9-14(22)8-13(11-21)17(26)20-10-15(23)24/h12-13,18,21H,3-11H2,1-2H3,(H,19,25)(H,20,26)(H,23,24). The number of unbranched alkanes of at least 4 members (excludes halogenated alkanes) is 1. The maximum absolute atomic E-state index is 12.1. The van der Waals surface area contributed by atoms with Crippen LogP contribution in [0.5, 0.6) is 0 Å².